The molecule has 1 aliphatic heterocycles. The standard InChI is InChI=1S/C22H23N5O/c1-16-7-8-17(20-14-24-10-11-25-20)13-19(16)26-21(28)27-12-9-22(23,15-27)18-5-3-2-4-6-18/h2-8,10-11,13-14H,9,12,15,23H2,1H3,(H,26,28). The van der Waals surface area contributed by atoms with Gasteiger partial charge in [-0.05, 0) is 30.5 Å². The van der Waals surface area contributed by atoms with Gasteiger partial charge in [-0.15, -0.1) is 0 Å². The molecule has 28 heavy (non-hydrogen) atoms. The van der Waals surface area contributed by atoms with Gasteiger partial charge in [0.15, 0.2) is 0 Å². The van der Waals surface area contributed by atoms with E-state index in [0.29, 0.717) is 13.1 Å². The number of carbonyl (C=O) groups is 1. The first-order valence-corrected chi connectivity index (χ1v) is 9.32. The van der Waals surface area contributed by atoms with E-state index in [-0.39, 0.29) is 6.03 Å². The van der Waals surface area contributed by atoms with Crippen LogP contribution in [0.3, 0.4) is 0 Å². The number of aryl methyl sites for hydroxylation is 1. The Balaban J connectivity index is 1.50. The van der Waals surface area contributed by atoms with Gasteiger partial charge in [0.1, 0.15) is 0 Å². The summed E-state index contributed by atoms with van der Waals surface area (Å²) in [4.78, 5) is 23.1. The van der Waals surface area contributed by atoms with Gasteiger partial charge >= 0.3 is 6.03 Å². The van der Waals surface area contributed by atoms with Crippen molar-refractivity contribution < 1.29 is 4.79 Å². The number of anilines is 1. The number of nitrogens with zero attached hydrogens (tertiary/aromatic N) is 3. The summed E-state index contributed by atoms with van der Waals surface area (Å²) in [6.45, 7) is 3.09. The molecule has 0 aliphatic carbocycles. The minimum Gasteiger partial charge on any atom is -0.322 e. The molecule has 2 aromatic carbocycles. The van der Waals surface area contributed by atoms with E-state index in [2.05, 4.69) is 15.3 Å². The summed E-state index contributed by atoms with van der Waals surface area (Å²) in [5.74, 6) is 0. The highest BCUT2D eigenvalue weighted by atomic mass is 16.2. The van der Waals surface area contributed by atoms with Crippen LogP contribution in [0.15, 0.2) is 67.1 Å². The van der Waals surface area contributed by atoms with Crippen molar-refractivity contribution in [3.8, 4) is 11.3 Å². The second-order valence-corrected chi connectivity index (χ2v) is 7.24. The van der Waals surface area contributed by atoms with Crippen molar-refractivity contribution >= 4 is 11.7 Å². The van der Waals surface area contributed by atoms with E-state index in [4.69, 9.17) is 5.73 Å². The minimum atomic E-state index is -0.505. The first kappa shape index (κ1) is 18.1. The Morgan fingerprint density at radius 1 is 1.18 bits per heavy atom. The van der Waals surface area contributed by atoms with Gasteiger partial charge in [0.2, 0.25) is 0 Å². The molecule has 1 atom stereocenters. The summed E-state index contributed by atoms with van der Waals surface area (Å²) in [5, 5.41) is 3.03. The Labute approximate surface area is 164 Å². The van der Waals surface area contributed by atoms with Crippen LogP contribution in [0.25, 0.3) is 11.3 Å². The zero-order chi connectivity index (χ0) is 19.6. The second kappa shape index (κ2) is 7.40. The van der Waals surface area contributed by atoms with Crippen molar-refractivity contribution in [1.29, 1.82) is 0 Å². The van der Waals surface area contributed by atoms with E-state index in [9.17, 15) is 4.79 Å². The van der Waals surface area contributed by atoms with Gasteiger partial charge in [0.05, 0.1) is 17.4 Å². The highest BCUT2D eigenvalue weighted by Gasteiger charge is 2.38. The summed E-state index contributed by atoms with van der Waals surface area (Å²) in [5.41, 5.74) is 10.6. The normalized spacial score (nSPS) is 18.9. The molecule has 3 N–H and O–H groups in total. The average molecular weight is 373 g/mol. The predicted octanol–water partition coefficient (Wildman–Crippen LogP) is 3.54. The lowest BCUT2D eigenvalue weighted by Crippen LogP contribution is -2.42. The molecule has 6 heteroatoms. The van der Waals surface area contributed by atoms with Crippen LogP contribution in [0.1, 0.15) is 17.5 Å². The fourth-order valence-corrected chi connectivity index (χ4v) is 3.57. The molecule has 2 amide bonds. The smallest absolute Gasteiger partial charge is 0.321 e. The van der Waals surface area contributed by atoms with Crippen LogP contribution in [-0.4, -0.2) is 34.0 Å². The van der Waals surface area contributed by atoms with Gasteiger partial charge in [-0.2, -0.15) is 0 Å². The number of hydrogen-bond donors (Lipinski definition) is 2. The van der Waals surface area contributed by atoms with Crippen LogP contribution in [0, 0.1) is 6.92 Å². The summed E-state index contributed by atoms with van der Waals surface area (Å²) in [7, 11) is 0. The number of urea groups is 1. The van der Waals surface area contributed by atoms with E-state index in [1.165, 1.54) is 0 Å². The number of nitrogens with one attached hydrogen (secondary N) is 1. The third-order valence-electron chi connectivity index (χ3n) is 5.27. The molecule has 4 rings (SSSR count). The fraction of sp³-hybridized carbons (Fsp3) is 0.227. The highest BCUT2D eigenvalue weighted by molar-refractivity contribution is 5.91. The first-order chi connectivity index (χ1) is 13.5. The molecular formula is C22H23N5O. The minimum absolute atomic E-state index is 0.136. The van der Waals surface area contributed by atoms with Gasteiger partial charge in [-0.3, -0.25) is 9.97 Å². The number of benzene rings is 2. The van der Waals surface area contributed by atoms with Gasteiger partial charge in [-0.25, -0.2) is 4.79 Å². The number of likely N-dealkylation sites (tertiary alicyclic amines) is 1. The van der Waals surface area contributed by atoms with Crippen LogP contribution in [0.4, 0.5) is 10.5 Å². The monoisotopic (exact) mass is 373 g/mol. The Hall–Kier alpha value is -3.25. The molecule has 0 spiro atoms. The summed E-state index contributed by atoms with van der Waals surface area (Å²) >= 11 is 0. The molecule has 1 saturated heterocycles. The predicted molar refractivity (Wildman–Crippen MR) is 110 cm³/mol. The maximum absolute atomic E-state index is 12.9. The summed E-state index contributed by atoms with van der Waals surface area (Å²) < 4.78 is 0. The maximum atomic E-state index is 12.9. The van der Waals surface area contributed by atoms with Crippen molar-refractivity contribution in [2.45, 2.75) is 18.9 Å². The molecule has 0 saturated carbocycles. The molecule has 0 radical (unpaired) electrons. The van der Waals surface area contributed by atoms with Crippen molar-refractivity contribution in [1.82, 2.24) is 14.9 Å². The number of nitrogens with two attached hydrogens (primary N) is 1. The molecule has 1 unspecified atom stereocenters. The molecule has 2 heterocycles. The van der Waals surface area contributed by atoms with E-state index < -0.39 is 5.54 Å². The van der Waals surface area contributed by atoms with Crippen LogP contribution in [-0.2, 0) is 5.54 Å². The maximum Gasteiger partial charge on any atom is 0.321 e. The van der Waals surface area contributed by atoms with E-state index in [1.807, 2.05) is 55.5 Å². The Morgan fingerprint density at radius 2 is 2.00 bits per heavy atom. The fourth-order valence-electron chi connectivity index (χ4n) is 3.57. The number of rotatable bonds is 3. The van der Waals surface area contributed by atoms with Crippen molar-refractivity contribution in [3.05, 3.63) is 78.2 Å². The first-order valence-electron chi connectivity index (χ1n) is 9.32. The zero-order valence-electron chi connectivity index (χ0n) is 15.8. The van der Waals surface area contributed by atoms with Crippen molar-refractivity contribution in [3.63, 3.8) is 0 Å². The zero-order valence-corrected chi connectivity index (χ0v) is 15.8. The van der Waals surface area contributed by atoms with Crippen molar-refractivity contribution in [2.24, 2.45) is 5.73 Å². The lowest BCUT2D eigenvalue weighted by atomic mass is 9.90. The molecule has 1 aromatic heterocycles. The molecule has 1 fully saturated rings. The average Bonchev–Trinajstić information content (AvgIpc) is 3.15. The lowest BCUT2D eigenvalue weighted by Gasteiger charge is -2.25. The van der Waals surface area contributed by atoms with E-state index >= 15 is 0 Å². The van der Waals surface area contributed by atoms with E-state index in [1.54, 1.807) is 23.5 Å². The molecule has 6 nitrogen and oxygen atoms in total. The Morgan fingerprint density at radius 3 is 2.75 bits per heavy atom. The summed E-state index contributed by atoms with van der Waals surface area (Å²) in [6.07, 6.45) is 5.74. The van der Waals surface area contributed by atoms with Crippen LogP contribution >= 0.6 is 0 Å². The van der Waals surface area contributed by atoms with Gasteiger partial charge in [0, 0.05) is 36.7 Å². The molecule has 1 aliphatic rings. The molecule has 142 valence electrons. The Kier molecular flexibility index (Phi) is 4.79. The van der Waals surface area contributed by atoms with Crippen LogP contribution in [0.2, 0.25) is 0 Å². The third kappa shape index (κ3) is 3.59. The second-order valence-electron chi connectivity index (χ2n) is 7.24. The Bertz CT molecular complexity index is 977. The molecule has 0 bridgehead atoms. The van der Waals surface area contributed by atoms with Gasteiger partial charge < -0.3 is 16.0 Å². The lowest BCUT2D eigenvalue weighted by molar-refractivity contribution is 0.219. The number of aromatic nitrogens is 2. The van der Waals surface area contributed by atoms with Crippen molar-refractivity contribution in [2.75, 3.05) is 18.4 Å². The highest BCUT2D eigenvalue weighted by Crippen LogP contribution is 2.30. The van der Waals surface area contributed by atoms with Crippen LogP contribution in [0.5, 0.6) is 0 Å². The largest absolute Gasteiger partial charge is 0.322 e. The van der Waals surface area contributed by atoms with Gasteiger partial charge in [0.25, 0.3) is 0 Å². The summed E-state index contributed by atoms with van der Waals surface area (Å²) in [6, 6.07) is 15.7. The topological polar surface area (TPSA) is 84.1 Å². The molecule has 3 aromatic rings. The number of amides is 2. The third-order valence-corrected chi connectivity index (χ3v) is 5.27. The SMILES string of the molecule is Cc1ccc(-c2cnccn2)cc1NC(=O)N1CCC(N)(c2ccccc2)C1. The van der Waals surface area contributed by atoms with Gasteiger partial charge in [-0.1, -0.05) is 42.5 Å². The van der Waals surface area contributed by atoms with E-state index in [0.717, 1.165) is 34.5 Å². The molecular weight excluding hydrogens is 350 g/mol. The number of carbonyl (C=O) groups excluding carboxylic acids is 1. The number of hydrogen-bond acceptors (Lipinski definition) is 4. The van der Waals surface area contributed by atoms with Crippen LogP contribution < -0.4 is 11.1 Å². The quantitative estimate of drug-likeness (QED) is 0.735.